The highest BCUT2D eigenvalue weighted by molar-refractivity contribution is 7.91. The van der Waals surface area contributed by atoms with E-state index in [2.05, 4.69) is 19.9 Å². The van der Waals surface area contributed by atoms with Crippen LogP contribution in [0.25, 0.3) is 0 Å². The van der Waals surface area contributed by atoms with Gasteiger partial charge in [0, 0.05) is 5.69 Å². The molecule has 0 unspecified atom stereocenters. The van der Waals surface area contributed by atoms with Crippen molar-refractivity contribution in [1.82, 2.24) is 15.2 Å². The van der Waals surface area contributed by atoms with Gasteiger partial charge in [-0.3, -0.25) is 0 Å². The molecule has 0 spiro atoms. The Labute approximate surface area is 117 Å². The molecule has 3 N–H and O–H groups in total. The normalized spacial score (nSPS) is 11.3. The van der Waals surface area contributed by atoms with Gasteiger partial charge in [-0.1, -0.05) is 18.2 Å². The van der Waals surface area contributed by atoms with Crippen LogP contribution in [0, 0.1) is 13.8 Å². The molecule has 0 aliphatic heterocycles. The molecule has 0 saturated heterocycles. The third kappa shape index (κ3) is 3.41. The Morgan fingerprint density at radius 3 is 2.50 bits per heavy atom. The van der Waals surface area contributed by atoms with Crippen LogP contribution in [0.1, 0.15) is 17.0 Å². The van der Waals surface area contributed by atoms with E-state index in [1.54, 1.807) is 38.1 Å². The van der Waals surface area contributed by atoms with E-state index < -0.39 is 10.0 Å². The molecule has 0 aliphatic carbocycles. The SMILES string of the molecule is Cc1nnc(NS(=O)(=O)Cc2ccccc2N)nc1C. The molecule has 0 bridgehead atoms. The second kappa shape index (κ2) is 5.41. The first-order valence-corrected chi connectivity index (χ1v) is 7.54. The number of hydrogen-bond donors (Lipinski definition) is 2. The number of aromatic nitrogens is 3. The summed E-state index contributed by atoms with van der Waals surface area (Å²) < 4.78 is 26.4. The van der Waals surface area contributed by atoms with E-state index in [1.165, 1.54) is 0 Å². The number of benzene rings is 1. The van der Waals surface area contributed by atoms with Crippen molar-refractivity contribution >= 4 is 21.7 Å². The van der Waals surface area contributed by atoms with Gasteiger partial charge in [-0.2, -0.15) is 5.10 Å². The minimum atomic E-state index is -3.63. The number of rotatable bonds is 4. The molecule has 106 valence electrons. The molecule has 0 amide bonds. The van der Waals surface area contributed by atoms with Crippen LogP contribution in [0.4, 0.5) is 11.6 Å². The van der Waals surface area contributed by atoms with Crippen LogP contribution in [-0.4, -0.2) is 23.6 Å². The largest absolute Gasteiger partial charge is 0.398 e. The standard InChI is InChI=1S/C12H15N5O2S/c1-8-9(2)15-16-12(14-8)17-20(18,19)7-10-5-3-4-6-11(10)13/h3-6H,7,13H2,1-2H3,(H,14,16,17). The number of aryl methyl sites for hydroxylation is 2. The first-order chi connectivity index (χ1) is 9.37. The van der Waals surface area contributed by atoms with Crippen molar-refractivity contribution < 1.29 is 8.42 Å². The number of hydrogen-bond acceptors (Lipinski definition) is 6. The van der Waals surface area contributed by atoms with E-state index in [1.807, 2.05) is 0 Å². The van der Waals surface area contributed by atoms with Crippen molar-refractivity contribution in [3.63, 3.8) is 0 Å². The van der Waals surface area contributed by atoms with Crippen molar-refractivity contribution in [2.45, 2.75) is 19.6 Å². The molecule has 2 rings (SSSR count). The minimum Gasteiger partial charge on any atom is -0.398 e. The van der Waals surface area contributed by atoms with Gasteiger partial charge >= 0.3 is 0 Å². The monoisotopic (exact) mass is 293 g/mol. The summed E-state index contributed by atoms with van der Waals surface area (Å²) in [4.78, 5) is 4.03. The number of nitrogens with zero attached hydrogens (tertiary/aromatic N) is 3. The summed E-state index contributed by atoms with van der Waals surface area (Å²) in [5.74, 6) is -0.279. The molecule has 20 heavy (non-hydrogen) atoms. The van der Waals surface area contributed by atoms with Gasteiger partial charge in [0.05, 0.1) is 17.1 Å². The molecule has 0 saturated carbocycles. The average Bonchev–Trinajstić information content (AvgIpc) is 2.36. The molecular formula is C12H15N5O2S. The molecule has 0 radical (unpaired) electrons. The third-order valence-electron chi connectivity index (χ3n) is 2.74. The van der Waals surface area contributed by atoms with E-state index in [4.69, 9.17) is 5.73 Å². The molecule has 8 heteroatoms. The zero-order valence-electron chi connectivity index (χ0n) is 11.2. The zero-order chi connectivity index (χ0) is 14.8. The summed E-state index contributed by atoms with van der Waals surface area (Å²) in [6.07, 6.45) is 0. The van der Waals surface area contributed by atoms with Crippen LogP contribution in [-0.2, 0) is 15.8 Å². The Bertz CT molecular complexity index is 730. The van der Waals surface area contributed by atoms with Crippen molar-refractivity contribution in [2.75, 3.05) is 10.5 Å². The number of sulfonamides is 1. The Hall–Kier alpha value is -2.22. The predicted octanol–water partition coefficient (Wildman–Crippen LogP) is 1.01. The van der Waals surface area contributed by atoms with Crippen molar-refractivity contribution in [3.05, 3.63) is 41.2 Å². The van der Waals surface area contributed by atoms with E-state index in [0.717, 1.165) is 0 Å². The molecule has 7 nitrogen and oxygen atoms in total. The maximum atomic E-state index is 12.0. The summed E-state index contributed by atoms with van der Waals surface area (Å²) in [5.41, 5.74) is 7.96. The van der Waals surface area contributed by atoms with Crippen LogP contribution < -0.4 is 10.5 Å². The molecule has 0 aliphatic rings. The number of nitrogens with two attached hydrogens (primary N) is 1. The first-order valence-electron chi connectivity index (χ1n) is 5.89. The second-order valence-electron chi connectivity index (χ2n) is 4.37. The van der Waals surface area contributed by atoms with Gasteiger partial charge in [-0.15, -0.1) is 5.10 Å². The summed E-state index contributed by atoms with van der Waals surface area (Å²) in [7, 11) is -3.63. The van der Waals surface area contributed by atoms with Crippen LogP contribution in [0.15, 0.2) is 24.3 Å². The fraction of sp³-hybridized carbons (Fsp3) is 0.250. The van der Waals surface area contributed by atoms with Gasteiger partial charge in [0.15, 0.2) is 0 Å². The third-order valence-corrected chi connectivity index (χ3v) is 3.92. The lowest BCUT2D eigenvalue weighted by Crippen LogP contribution is -2.18. The molecule has 1 heterocycles. The quantitative estimate of drug-likeness (QED) is 0.814. The van der Waals surface area contributed by atoms with E-state index in [-0.39, 0.29) is 11.7 Å². The lowest BCUT2D eigenvalue weighted by Gasteiger charge is -2.08. The smallest absolute Gasteiger partial charge is 0.256 e. The zero-order valence-corrected chi connectivity index (χ0v) is 12.0. The van der Waals surface area contributed by atoms with E-state index in [9.17, 15) is 8.42 Å². The Balaban J connectivity index is 2.19. The van der Waals surface area contributed by atoms with Gasteiger partial charge in [-0.05, 0) is 25.5 Å². The van der Waals surface area contributed by atoms with Gasteiger partial charge in [0.2, 0.25) is 10.0 Å². The van der Waals surface area contributed by atoms with Crippen LogP contribution in [0.3, 0.4) is 0 Å². The number of nitrogens with one attached hydrogen (secondary N) is 1. The van der Waals surface area contributed by atoms with Gasteiger partial charge in [-0.25, -0.2) is 18.1 Å². The Morgan fingerprint density at radius 1 is 1.15 bits per heavy atom. The highest BCUT2D eigenvalue weighted by Gasteiger charge is 2.15. The molecular weight excluding hydrogens is 278 g/mol. The van der Waals surface area contributed by atoms with E-state index in [0.29, 0.717) is 22.6 Å². The summed E-state index contributed by atoms with van der Waals surface area (Å²) in [6.45, 7) is 3.48. The number of para-hydroxylation sites is 1. The van der Waals surface area contributed by atoms with Crippen LogP contribution >= 0.6 is 0 Å². The minimum absolute atomic E-state index is 0.0393. The maximum absolute atomic E-state index is 12.0. The lowest BCUT2D eigenvalue weighted by molar-refractivity contribution is 0.600. The topological polar surface area (TPSA) is 111 Å². The fourth-order valence-electron chi connectivity index (χ4n) is 1.55. The summed E-state index contributed by atoms with van der Waals surface area (Å²) in [6, 6.07) is 6.79. The van der Waals surface area contributed by atoms with Crippen molar-refractivity contribution in [1.29, 1.82) is 0 Å². The molecule has 0 fully saturated rings. The van der Waals surface area contributed by atoms with E-state index >= 15 is 0 Å². The van der Waals surface area contributed by atoms with Gasteiger partial charge in [0.25, 0.3) is 5.95 Å². The Morgan fingerprint density at radius 2 is 1.85 bits per heavy atom. The molecule has 2 aromatic rings. The Kier molecular flexibility index (Phi) is 3.84. The fourth-order valence-corrected chi connectivity index (χ4v) is 2.65. The second-order valence-corrected chi connectivity index (χ2v) is 6.09. The maximum Gasteiger partial charge on any atom is 0.256 e. The first kappa shape index (κ1) is 14.2. The summed E-state index contributed by atoms with van der Waals surface area (Å²) >= 11 is 0. The van der Waals surface area contributed by atoms with Gasteiger partial charge in [0.1, 0.15) is 0 Å². The van der Waals surface area contributed by atoms with Crippen LogP contribution in [0.2, 0.25) is 0 Å². The summed E-state index contributed by atoms with van der Waals surface area (Å²) in [5, 5.41) is 7.53. The lowest BCUT2D eigenvalue weighted by atomic mass is 10.2. The van der Waals surface area contributed by atoms with Crippen LogP contribution in [0.5, 0.6) is 0 Å². The molecule has 1 aromatic heterocycles. The van der Waals surface area contributed by atoms with Crippen molar-refractivity contribution in [3.8, 4) is 0 Å². The number of anilines is 2. The average molecular weight is 293 g/mol. The molecule has 1 aromatic carbocycles. The highest BCUT2D eigenvalue weighted by Crippen LogP contribution is 2.15. The predicted molar refractivity (Wildman–Crippen MR) is 76.4 cm³/mol. The highest BCUT2D eigenvalue weighted by atomic mass is 32.2. The molecule has 0 atom stereocenters. The number of nitrogen functional groups attached to an aromatic ring is 1. The van der Waals surface area contributed by atoms with Gasteiger partial charge < -0.3 is 5.73 Å². The van der Waals surface area contributed by atoms with Crippen molar-refractivity contribution in [2.24, 2.45) is 0 Å².